The molecule has 0 atom stereocenters. The van der Waals surface area contributed by atoms with E-state index in [2.05, 4.69) is 26.0 Å². The summed E-state index contributed by atoms with van der Waals surface area (Å²) >= 11 is 3.35. The van der Waals surface area contributed by atoms with E-state index in [1.54, 1.807) is 25.1 Å². The van der Waals surface area contributed by atoms with Gasteiger partial charge in [0.25, 0.3) is 11.2 Å². The Morgan fingerprint density at radius 3 is 2.76 bits per heavy atom. The van der Waals surface area contributed by atoms with Crippen LogP contribution in [0, 0.1) is 10.1 Å². The summed E-state index contributed by atoms with van der Waals surface area (Å²) < 4.78 is 12.2. The fourth-order valence-electron chi connectivity index (χ4n) is 3.04. The first-order valence-corrected chi connectivity index (χ1v) is 11.0. The van der Waals surface area contributed by atoms with E-state index >= 15 is 0 Å². The maximum Gasteiger partial charge on any atom is 0.344 e. The molecule has 3 rings (SSSR count). The minimum Gasteiger partial charge on any atom is -0.481 e. The number of carbonyl (C=O) groups is 1. The average Bonchev–Trinajstić information content (AvgIpc) is 2.78. The van der Waals surface area contributed by atoms with Crippen molar-refractivity contribution in [1.82, 2.24) is 9.66 Å². The van der Waals surface area contributed by atoms with Crippen LogP contribution in [0.1, 0.15) is 31.7 Å². The van der Waals surface area contributed by atoms with Crippen molar-refractivity contribution in [3.8, 4) is 5.75 Å². The van der Waals surface area contributed by atoms with Crippen LogP contribution in [0.15, 0.2) is 50.8 Å². The van der Waals surface area contributed by atoms with Crippen LogP contribution in [0.2, 0.25) is 0 Å². The number of carbonyl (C=O) groups excluding carboxylic acids is 1. The van der Waals surface area contributed by atoms with Gasteiger partial charge in [-0.05, 0) is 37.6 Å². The summed E-state index contributed by atoms with van der Waals surface area (Å²) in [5.41, 5.74) is 0.200. The zero-order valence-corrected chi connectivity index (χ0v) is 19.6. The minimum absolute atomic E-state index is 0.180. The molecular formula is C22H21BrN4O6. The van der Waals surface area contributed by atoms with Crippen molar-refractivity contribution in [2.75, 3.05) is 13.2 Å². The molecule has 3 aromatic rings. The molecule has 0 saturated heterocycles. The Hall–Kier alpha value is -3.60. The number of rotatable bonds is 9. The van der Waals surface area contributed by atoms with Crippen molar-refractivity contribution in [2.45, 2.75) is 26.7 Å². The van der Waals surface area contributed by atoms with Gasteiger partial charge in [-0.1, -0.05) is 22.9 Å². The molecule has 0 radical (unpaired) electrons. The van der Waals surface area contributed by atoms with Crippen molar-refractivity contribution in [3.63, 3.8) is 0 Å². The van der Waals surface area contributed by atoms with Gasteiger partial charge in [-0.2, -0.15) is 9.78 Å². The second-order valence-electron chi connectivity index (χ2n) is 6.87. The average molecular weight is 517 g/mol. The van der Waals surface area contributed by atoms with E-state index in [-0.39, 0.29) is 35.8 Å². The number of hydrogen-bond acceptors (Lipinski definition) is 8. The number of esters is 1. The van der Waals surface area contributed by atoms with Crippen molar-refractivity contribution >= 4 is 44.7 Å². The smallest absolute Gasteiger partial charge is 0.344 e. The Kier molecular flexibility index (Phi) is 7.88. The Balaban J connectivity index is 2.07. The number of fused-ring (bicyclic) bond motifs is 1. The molecule has 0 aliphatic heterocycles. The molecule has 0 unspecified atom stereocenters. The predicted molar refractivity (Wildman–Crippen MR) is 126 cm³/mol. The van der Waals surface area contributed by atoms with Gasteiger partial charge in [0.05, 0.1) is 28.6 Å². The second kappa shape index (κ2) is 10.8. The maximum atomic E-state index is 13.1. The fraction of sp³-hybridized carbons (Fsp3) is 0.273. The highest BCUT2D eigenvalue weighted by molar-refractivity contribution is 9.10. The molecule has 0 bridgehead atoms. The second-order valence-corrected chi connectivity index (χ2v) is 7.79. The maximum absolute atomic E-state index is 13.1. The third-order valence-corrected chi connectivity index (χ3v) is 5.01. The zero-order chi connectivity index (χ0) is 24.0. The first-order chi connectivity index (χ1) is 15.8. The van der Waals surface area contributed by atoms with E-state index in [4.69, 9.17) is 9.47 Å². The van der Waals surface area contributed by atoms with Gasteiger partial charge in [-0.15, -0.1) is 0 Å². The first kappa shape index (κ1) is 24.1. The van der Waals surface area contributed by atoms with E-state index < -0.39 is 10.9 Å². The molecule has 0 saturated carbocycles. The van der Waals surface area contributed by atoms with Crippen LogP contribution in [0.4, 0.5) is 5.69 Å². The monoisotopic (exact) mass is 516 g/mol. The largest absolute Gasteiger partial charge is 0.481 e. The summed E-state index contributed by atoms with van der Waals surface area (Å²) in [5, 5.41) is 15.9. The Labute approximate surface area is 197 Å². The zero-order valence-electron chi connectivity index (χ0n) is 18.0. The molecule has 11 heteroatoms. The number of nitro benzene ring substituents is 1. The Morgan fingerprint density at radius 2 is 2.06 bits per heavy atom. The highest BCUT2D eigenvalue weighted by atomic mass is 79.9. The van der Waals surface area contributed by atoms with Crippen molar-refractivity contribution in [1.29, 1.82) is 0 Å². The number of hydrogen-bond donors (Lipinski definition) is 0. The summed E-state index contributed by atoms with van der Waals surface area (Å²) in [6.07, 6.45) is 2.51. The molecule has 0 spiro atoms. The number of halogens is 1. The quantitative estimate of drug-likeness (QED) is 0.183. The van der Waals surface area contributed by atoms with Crippen molar-refractivity contribution in [2.24, 2.45) is 5.10 Å². The van der Waals surface area contributed by atoms with Gasteiger partial charge in [0.15, 0.2) is 6.61 Å². The molecule has 0 aliphatic carbocycles. The van der Waals surface area contributed by atoms with Crippen LogP contribution in [0.25, 0.3) is 10.9 Å². The molecule has 172 valence electrons. The molecule has 1 aromatic heterocycles. The molecule has 33 heavy (non-hydrogen) atoms. The van der Waals surface area contributed by atoms with E-state index in [0.717, 1.165) is 10.9 Å². The van der Waals surface area contributed by atoms with Crippen LogP contribution in [-0.4, -0.2) is 40.0 Å². The Morgan fingerprint density at radius 1 is 1.27 bits per heavy atom. The van der Waals surface area contributed by atoms with Crippen LogP contribution in [0.5, 0.6) is 5.75 Å². The molecular weight excluding hydrogens is 496 g/mol. The number of aromatic nitrogens is 2. The van der Waals surface area contributed by atoms with Crippen LogP contribution >= 0.6 is 15.9 Å². The van der Waals surface area contributed by atoms with Gasteiger partial charge in [0, 0.05) is 28.6 Å². The topological polar surface area (TPSA) is 126 Å². The molecule has 0 amide bonds. The lowest BCUT2D eigenvalue weighted by Gasteiger charge is -2.10. The summed E-state index contributed by atoms with van der Waals surface area (Å²) in [7, 11) is 0. The molecule has 1 heterocycles. The molecule has 0 aliphatic rings. The van der Waals surface area contributed by atoms with Crippen molar-refractivity contribution in [3.05, 3.63) is 72.7 Å². The number of ether oxygens (including phenoxy) is 2. The number of non-ortho nitro benzene ring substituents is 1. The van der Waals surface area contributed by atoms with Gasteiger partial charge < -0.3 is 9.47 Å². The lowest BCUT2D eigenvalue weighted by molar-refractivity contribution is -0.384. The van der Waals surface area contributed by atoms with Gasteiger partial charge >= 0.3 is 5.97 Å². The molecule has 2 aromatic carbocycles. The summed E-state index contributed by atoms with van der Waals surface area (Å²) in [6.45, 7) is 3.45. The van der Waals surface area contributed by atoms with Gasteiger partial charge in [-0.25, -0.2) is 9.78 Å². The fourth-order valence-corrected chi connectivity index (χ4v) is 3.40. The van der Waals surface area contributed by atoms with Crippen LogP contribution in [0.3, 0.4) is 0 Å². The van der Waals surface area contributed by atoms with Gasteiger partial charge in [0.1, 0.15) is 11.6 Å². The third-order valence-electron chi connectivity index (χ3n) is 4.52. The number of nitro groups is 1. The van der Waals surface area contributed by atoms with E-state index in [9.17, 15) is 19.7 Å². The number of nitrogens with zero attached hydrogens (tertiary/aromatic N) is 4. The summed E-state index contributed by atoms with van der Waals surface area (Å²) in [4.78, 5) is 40.0. The standard InChI is InChI=1S/C22H21BrN4O6/c1-3-5-20-25-18-8-6-15(23)11-17(18)22(29)26(20)24-12-14-10-16(27(30)31)7-9-19(14)33-13-21(28)32-4-2/h6-12H,3-5,13H2,1-2H3. The van der Waals surface area contributed by atoms with Crippen molar-refractivity contribution < 1.29 is 19.2 Å². The predicted octanol–water partition coefficient (Wildman–Crippen LogP) is 3.84. The first-order valence-electron chi connectivity index (χ1n) is 10.2. The van der Waals surface area contributed by atoms with Gasteiger partial charge in [0.2, 0.25) is 0 Å². The molecule has 0 N–H and O–H groups in total. The molecule has 10 nitrogen and oxygen atoms in total. The number of benzene rings is 2. The van der Waals surface area contributed by atoms with Crippen LogP contribution < -0.4 is 10.3 Å². The van der Waals surface area contributed by atoms with Crippen LogP contribution in [-0.2, 0) is 16.0 Å². The van der Waals surface area contributed by atoms with E-state index in [0.29, 0.717) is 23.1 Å². The van der Waals surface area contributed by atoms with Gasteiger partial charge in [-0.3, -0.25) is 14.9 Å². The van der Waals surface area contributed by atoms with E-state index in [1.807, 2.05) is 6.92 Å². The lowest BCUT2D eigenvalue weighted by atomic mass is 10.2. The molecule has 0 fully saturated rings. The highest BCUT2D eigenvalue weighted by Crippen LogP contribution is 2.23. The van der Waals surface area contributed by atoms with E-state index in [1.165, 1.54) is 29.1 Å². The normalized spacial score (nSPS) is 11.1. The Bertz CT molecular complexity index is 1290. The third kappa shape index (κ3) is 5.80. The number of aryl methyl sites for hydroxylation is 1. The lowest BCUT2D eigenvalue weighted by Crippen LogP contribution is -2.22. The summed E-state index contributed by atoms with van der Waals surface area (Å²) in [5.74, 6) is 0.0523. The SMILES string of the molecule is CCCc1nc2ccc(Br)cc2c(=O)n1N=Cc1cc([N+](=O)[O-])ccc1OCC(=O)OCC. The minimum atomic E-state index is -0.579. The highest BCUT2D eigenvalue weighted by Gasteiger charge is 2.14. The summed E-state index contributed by atoms with van der Waals surface area (Å²) in [6, 6.07) is 9.07.